The van der Waals surface area contributed by atoms with Crippen LogP contribution in [0.2, 0.25) is 0 Å². The Balaban J connectivity index is 3.17. The van der Waals surface area contributed by atoms with Crippen molar-refractivity contribution in [3.05, 3.63) is 35.4 Å². The first-order valence-electron chi connectivity index (χ1n) is 3.55. The molecular formula is C9H8BrClO. The summed E-state index contributed by atoms with van der Waals surface area (Å²) >= 11 is 8.78. The monoisotopic (exact) mass is 246 g/mol. The van der Waals surface area contributed by atoms with Gasteiger partial charge in [0.15, 0.2) is 0 Å². The minimum atomic E-state index is -0.406. The molecule has 1 unspecified atom stereocenters. The van der Waals surface area contributed by atoms with Crippen molar-refractivity contribution in [1.82, 2.24) is 0 Å². The molecule has 1 rings (SSSR count). The molecule has 0 aromatic heterocycles. The zero-order chi connectivity index (χ0) is 9.14. The molecule has 0 saturated carbocycles. The fraction of sp³-hybridized carbons (Fsp3) is 0.222. The maximum absolute atomic E-state index is 10.9. The normalized spacial score (nSPS) is 12.6. The molecule has 12 heavy (non-hydrogen) atoms. The van der Waals surface area contributed by atoms with E-state index >= 15 is 0 Å². The number of hydrogen-bond acceptors (Lipinski definition) is 1. The van der Waals surface area contributed by atoms with Crippen LogP contribution < -0.4 is 0 Å². The van der Waals surface area contributed by atoms with Gasteiger partial charge in [-0.2, -0.15) is 0 Å². The average Bonchev–Trinajstić information content (AvgIpc) is 2.04. The highest BCUT2D eigenvalue weighted by atomic mass is 79.9. The standard InChI is InChI=1S/C9H8BrClO/c1-6(10)7-4-2-3-5-8(7)9(11)12/h2-6H,1H3. The highest BCUT2D eigenvalue weighted by Crippen LogP contribution is 2.25. The molecule has 0 bridgehead atoms. The Morgan fingerprint density at radius 1 is 1.50 bits per heavy atom. The van der Waals surface area contributed by atoms with Crippen LogP contribution in [-0.4, -0.2) is 5.24 Å². The maximum atomic E-state index is 10.9. The number of carbonyl (C=O) groups excluding carboxylic acids is 1. The molecule has 0 heterocycles. The third-order valence-electron chi connectivity index (χ3n) is 1.60. The van der Waals surface area contributed by atoms with E-state index in [-0.39, 0.29) is 4.83 Å². The van der Waals surface area contributed by atoms with Crippen LogP contribution in [0.3, 0.4) is 0 Å². The van der Waals surface area contributed by atoms with E-state index in [4.69, 9.17) is 11.6 Å². The predicted molar refractivity (Wildman–Crippen MR) is 54.0 cm³/mol. The van der Waals surface area contributed by atoms with Crippen molar-refractivity contribution >= 4 is 32.8 Å². The molecule has 0 aliphatic carbocycles. The summed E-state index contributed by atoms with van der Waals surface area (Å²) in [5.41, 5.74) is 1.50. The van der Waals surface area contributed by atoms with E-state index in [1.807, 2.05) is 19.1 Å². The van der Waals surface area contributed by atoms with Gasteiger partial charge in [0.05, 0.1) is 0 Å². The summed E-state index contributed by atoms with van der Waals surface area (Å²) in [5.74, 6) is 0. The lowest BCUT2D eigenvalue weighted by atomic mass is 10.1. The van der Waals surface area contributed by atoms with E-state index in [9.17, 15) is 4.79 Å². The van der Waals surface area contributed by atoms with Crippen molar-refractivity contribution in [1.29, 1.82) is 0 Å². The Kier molecular flexibility index (Phi) is 3.29. The SMILES string of the molecule is CC(Br)c1ccccc1C(=O)Cl. The Morgan fingerprint density at radius 3 is 2.50 bits per heavy atom. The van der Waals surface area contributed by atoms with E-state index in [0.29, 0.717) is 5.56 Å². The summed E-state index contributed by atoms with van der Waals surface area (Å²) in [6.45, 7) is 1.96. The quantitative estimate of drug-likeness (QED) is 0.577. The molecule has 0 N–H and O–H groups in total. The van der Waals surface area contributed by atoms with Crippen LogP contribution in [0.5, 0.6) is 0 Å². The Labute approximate surface area is 84.9 Å². The number of hydrogen-bond donors (Lipinski definition) is 0. The van der Waals surface area contributed by atoms with Crippen molar-refractivity contribution in [3.63, 3.8) is 0 Å². The molecule has 3 heteroatoms. The van der Waals surface area contributed by atoms with Gasteiger partial charge in [-0.05, 0) is 30.2 Å². The fourth-order valence-electron chi connectivity index (χ4n) is 1.02. The molecule has 1 aromatic rings. The predicted octanol–water partition coefficient (Wildman–Crippen LogP) is 3.52. The third-order valence-corrected chi connectivity index (χ3v) is 2.30. The van der Waals surface area contributed by atoms with Crippen LogP contribution in [-0.2, 0) is 0 Å². The van der Waals surface area contributed by atoms with Gasteiger partial charge in [0.2, 0.25) is 0 Å². The van der Waals surface area contributed by atoms with Gasteiger partial charge < -0.3 is 0 Å². The summed E-state index contributed by atoms with van der Waals surface area (Å²) in [5, 5.41) is -0.406. The smallest absolute Gasteiger partial charge is 0.252 e. The third kappa shape index (κ3) is 2.08. The molecule has 1 nitrogen and oxygen atoms in total. The van der Waals surface area contributed by atoms with E-state index in [1.54, 1.807) is 12.1 Å². The topological polar surface area (TPSA) is 17.1 Å². The summed E-state index contributed by atoms with van der Waals surface area (Å²) in [6.07, 6.45) is 0. The maximum Gasteiger partial charge on any atom is 0.252 e. The van der Waals surface area contributed by atoms with Crippen LogP contribution in [0.1, 0.15) is 27.7 Å². The zero-order valence-corrected chi connectivity index (χ0v) is 8.89. The van der Waals surface area contributed by atoms with Crippen LogP contribution in [0, 0.1) is 0 Å². The second-order valence-corrected chi connectivity index (χ2v) is 4.19. The molecule has 0 aliphatic rings. The van der Waals surface area contributed by atoms with Gasteiger partial charge >= 0.3 is 0 Å². The highest BCUT2D eigenvalue weighted by Gasteiger charge is 2.10. The first-order chi connectivity index (χ1) is 5.63. The second kappa shape index (κ2) is 4.06. The lowest BCUT2D eigenvalue weighted by Crippen LogP contribution is -1.96. The van der Waals surface area contributed by atoms with E-state index < -0.39 is 5.24 Å². The van der Waals surface area contributed by atoms with Crippen molar-refractivity contribution in [2.75, 3.05) is 0 Å². The zero-order valence-electron chi connectivity index (χ0n) is 6.55. The van der Waals surface area contributed by atoms with E-state index in [2.05, 4.69) is 15.9 Å². The minimum Gasteiger partial charge on any atom is -0.276 e. The fourth-order valence-corrected chi connectivity index (χ4v) is 1.59. The van der Waals surface area contributed by atoms with E-state index in [0.717, 1.165) is 5.56 Å². The summed E-state index contributed by atoms with van der Waals surface area (Å²) < 4.78 is 0. The molecule has 64 valence electrons. The van der Waals surface area contributed by atoms with Crippen molar-refractivity contribution in [2.45, 2.75) is 11.8 Å². The Hall–Kier alpha value is -0.340. The second-order valence-electron chi connectivity index (χ2n) is 2.48. The minimum absolute atomic E-state index is 0.149. The number of rotatable bonds is 2. The van der Waals surface area contributed by atoms with Crippen LogP contribution in [0.25, 0.3) is 0 Å². The summed E-state index contributed by atoms with van der Waals surface area (Å²) in [7, 11) is 0. The molecule has 0 radical (unpaired) electrons. The van der Waals surface area contributed by atoms with Crippen molar-refractivity contribution in [3.8, 4) is 0 Å². The summed E-state index contributed by atoms with van der Waals surface area (Å²) in [6, 6.07) is 7.29. The average molecular weight is 248 g/mol. The van der Waals surface area contributed by atoms with Crippen molar-refractivity contribution in [2.24, 2.45) is 0 Å². The molecule has 0 fully saturated rings. The molecule has 0 aliphatic heterocycles. The van der Waals surface area contributed by atoms with Crippen LogP contribution in [0.4, 0.5) is 0 Å². The molecule has 0 spiro atoms. The summed E-state index contributed by atoms with van der Waals surface area (Å²) in [4.78, 5) is 11.1. The van der Waals surface area contributed by atoms with Gasteiger partial charge in [-0.15, -0.1) is 0 Å². The lowest BCUT2D eigenvalue weighted by Gasteiger charge is -2.06. The van der Waals surface area contributed by atoms with Crippen LogP contribution in [0.15, 0.2) is 24.3 Å². The molecule has 1 aromatic carbocycles. The van der Waals surface area contributed by atoms with Gasteiger partial charge in [0.25, 0.3) is 5.24 Å². The molecule has 0 saturated heterocycles. The molecule has 1 atom stereocenters. The lowest BCUT2D eigenvalue weighted by molar-refractivity contribution is 0.108. The molecule has 0 amide bonds. The number of carbonyl (C=O) groups is 1. The highest BCUT2D eigenvalue weighted by molar-refractivity contribution is 9.09. The first kappa shape index (κ1) is 9.75. The van der Waals surface area contributed by atoms with E-state index in [1.165, 1.54) is 0 Å². The number of alkyl halides is 1. The largest absolute Gasteiger partial charge is 0.276 e. The molecular weight excluding hydrogens is 239 g/mol. The van der Waals surface area contributed by atoms with Gasteiger partial charge in [-0.1, -0.05) is 34.1 Å². The van der Waals surface area contributed by atoms with Gasteiger partial charge in [0, 0.05) is 10.4 Å². The van der Waals surface area contributed by atoms with Crippen molar-refractivity contribution < 1.29 is 4.79 Å². The number of halogens is 2. The Bertz CT molecular complexity index is 296. The van der Waals surface area contributed by atoms with Gasteiger partial charge in [0.1, 0.15) is 0 Å². The van der Waals surface area contributed by atoms with Crippen LogP contribution >= 0.6 is 27.5 Å². The van der Waals surface area contributed by atoms with Gasteiger partial charge in [-0.25, -0.2) is 0 Å². The number of benzene rings is 1. The first-order valence-corrected chi connectivity index (χ1v) is 4.85. The van der Waals surface area contributed by atoms with Gasteiger partial charge in [-0.3, -0.25) is 4.79 Å². The Morgan fingerprint density at radius 2 is 2.08 bits per heavy atom.